The number of nitrogens with two attached hydrogens (primary N) is 1. The second-order valence-corrected chi connectivity index (χ2v) is 10.5. The molecule has 0 saturated carbocycles. The quantitative estimate of drug-likeness (QED) is 0.223. The summed E-state index contributed by atoms with van der Waals surface area (Å²) in [6, 6.07) is 22.4. The number of hydrogen-bond donors (Lipinski definition) is 1. The second kappa shape index (κ2) is 12.2. The molecule has 2 aromatic heterocycles. The minimum atomic E-state index is -0.276. The molecule has 6 rings (SSSR count). The number of anilines is 1. The Morgan fingerprint density at radius 2 is 1.88 bits per heavy atom. The molecule has 3 aromatic carbocycles. The van der Waals surface area contributed by atoms with Gasteiger partial charge < -0.3 is 19.9 Å². The fourth-order valence-corrected chi connectivity index (χ4v) is 5.64. The van der Waals surface area contributed by atoms with Crippen LogP contribution < -0.4 is 10.5 Å². The van der Waals surface area contributed by atoms with Gasteiger partial charge in [-0.15, -0.1) is 0 Å². The lowest BCUT2D eigenvalue weighted by Gasteiger charge is -2.39. The molecule has 1 aliphatic rings. The number of likely N-dealkylation sites (tertiary alicyclic amines) is 1. The first-order chi connectivity index (χ1) is 20.6. The molecule has 9 nitrogen and oxygen atoms in total. The highest BCUT2D eigenvalue weighted by Gasteiger charge is 2.30. The lowest BCUT2D eigenvalue weighted by Crippen LogP contribution is -2.49. The average molecular weight is 566 g/mol. The van der Waals surface area contributed by atoms with Crippen LogP contribution in [0.3, 0.4) is 0 Å². The first-order valence-electron chi connectivity index (χ1n) is 14.3. The maximum absolute atomic E-state index is 12.2. The number of pyridine rings is 1. The molecule has 0 radical (unpaired) electrons. The zero-order chi connectivity index (χ0) is 29.1. The number of rotatable bonds is 11. The number of benzene rings is 3. The van der Waals surface area contributed by atoms with Gasteiger partial charge in [-0.05, 0) is 47.7 Å². The number of fused-ring (bicyclic) bond motifs is 2. The summed E-state index contributed by atoms with van der Waals surface area (Å²) in [7, 11) is 1.73. The van der Waals surface area contributed by atoms with Crippen LogP contribution in [0.25, 0.3) is 32.8 Å². The number of nitrogen functional groups attached to an aromatic ring is 1. The number of methoxy groups -OCH3 is 1. The first-order valence-corrected chi connectivity index (χ1v) is 14.3. The normalized spacial score (nSPS) is 13.9. The van der Waals surface area contributed by atoms with Crippen LogP contribution in [-0.2, 0) is 27.3 Å². The van der Waals surface area contributed by atoms with Crippen molar-refractivity contribution < 1.29 is 19.0 Å². The maximum atomic E-state index is 12.2. The number of esters is 1. The fraction of sp³-hybridized carbons (Fsp3) is 0.303. The van der Waals surface area contributed by atoms with E-state index in [2.05, 4.69) is 38.8 Å². The zero-order valence-electron chi connectivity index (χ0n) is 24.0. The second-order valence-electron chi connectivity index (χ2n) is 10.5. The topological polar surface area (TPSA) is 105 Å². The van der Waals surface area contributed by atoms with Crippen molar-refractivity contribution in [3.8, 4) is 16.9 Å². The van der Waals surface area contributed by atoms with Crippen molar-refractivity contribution in [3.05, 3.63) is 84.2 Å². The highest BCUT2D eigenvalue weighted by atomic mass is 16.5. The van der Waals surface area contributed by atoms with Crippen LogP contribution in [0.15, 0.2) is 72.9 Å². The molecule has 5 aromatic rings. The van der Waals surface area contributed by atoms with Crippen LogP contribution in [0.1, 0.15) is 24.2 Å². The lowest BCUT2D eigenvalue weighted by molar-refractivity contribution is -0.142. The summed E-state index contributed by atoms with van der Waals surface area (Å²) in [5.74, 6) is 0.888. The SMILES string of the molecule is CCOC(=O)Cc1ccccc1OCc1nn(C2CN(CCOC)C2)c2ccc(-c3cccc4c(N)nccc34)cc12. The summed E-state index contributed by atoms with van der Waals surface area (Å²) in [5, 5.41) is 8.10. The van der Waals surface area contributed by atoms with E-state index in [1.54, 1.807) is 20.2 Å². The van der Waals surface area contributed by atoms with E-state index < -0.39 is 0 Å². The third kappa shape index (κ3) is 5.53. The van der Waals surface area contributed by atoms with E-state index in [0.29, 0.717) is 24.8 Å². The Balaban J connectivity index is 1.35. The van der Waals surface area contributed by atoms with Gasteiger partial charge in [-0.2, -0.15) is 5.10 Å². The molecule has 0 aliphatic carbocycles. The van der Waals surface area contributed by atoms with E-state index in [1.807, 2.05) is 42.5 Å². The standard InChI is InChI=1S/C33H35N5O4/c1-3-41-32(39)18-23-7-4-5-10-31(23)42-21-29-28-17-22(25-8-6-9-27-26(25)13-14-35-33(27)34)11-12-30(28)38(36-29)24-19-37(20-24)15-16-40-2/h4-14,17,24H,3,15-16,18-21H2,1-2H3,(H2,34,35). The Morgan fingerprint density at radius 1 is 1.02 bits per heavy atom. The van der Waals surface area contributed by atoms with Crippen LogP contribution in [0, 0.1) is 0 Å². The van der Waals surface area contributed by atoms with Crippen molar-refractivity contribution in [2.24, 2.45) is 0 Å². The molecule has 1 saturated heterocycles. The molecule has 1 fully saturated rings. The van der Waals surface area contributed by atoms with Crippen molar-refractivity contribution >= 4 is 33.5 Å². The minimum absolute atomic E-state index is 0.155. The summed E-state index contributed by atoms with van der Waals surface area (Å²) >= 11 is 0. The van der Waals surface area contributed by atoms with E-state index >= 15 is 0 Å². The molecule has 0 bridgehead atoms. The Bertz CT molecular complexity index is 1730. The summed E-state index contributed by atoms with van der Waals surface area (Å²) in [6.45, 7) is 5.87. The van der Waals surface area contributed by atoms with Crippen molar-refractivity contribution in [1.29, 1.82) is 0 Å². The van der Waals surface area contributed by atoms with E-state index in [4.69, 9.17) is 25.0 Å². The number of ether oxygens (including phenoxy) is 3. The number of carbonyl (C=O) groups is 1. The summed E-state index contributed by atoms with van der Waals surface area (Å²) in [5.41, 5.74) is 11.0. The number of hydrogen-bond acceptors (Lipinski definition) is 8. The molecule has 0 unspecified atom stereocenters. The van der Waals surface area contributed by atoms with Gasteiger partial charge >= 0.3 is 5.97 Å². The molecule has 0 amide bonds. The van der Waals surface area contributed by atoms with E-state index in [9.17, 15) is 4.79 Å². The van der Waals surface area contributed by atoms with Gasteiger partial charge in [0.05, 0.1) is 31.2 Å². The Kier molecular flexibility index (Phi) is 8.03. The van der Waals surface area contributed by atoms with Gasteiger partial charge in [0.2, 0.25) is 0 Å². The zero-order valence-corrected chi connectivity index (χ0v) is 24.0. The van der Waals surface area contributed by atoms with Gasteiger partial charge in [-0.1, -0.05) is 42.5 Å². The van der Waals surface area contributed by atoms with Gasteiger partial charge in [-0.3, -0.25) is 14.4 Å². The van der Waals surface area contributed by atoms with Crippen LogP contribution in [0.5, 0.6) is 5.75 Å². The monoisotopic (exact) mass is 565 g/mol. The average Bonchev–Trinajstić information content (AvgIpc) is 3.33. The Labute approximate surface area is 244 Å². The number of para-hydroxylation sites is 1. The number of nitrogens with zero attached hydrogens (tertiary/aromatic N) is 4. The summed E-state index contributed by atoms with van der Waals surface area (Å²) in [6.07, 6.45) is 1.90. The van der Waals surface area contributed by atoms with Gasteiger partial charge in [0, 0.05) is 49.3 Å². The fourth-order valence-electron chi connectivity index (χ4n) is 5.64. The van der Waals surface area contributed by atoms with Gasteiger partial charge in [0.1, 0.15) is 23.9 Å². The molecule has 3 heterocycles. The maximum Gasteiger partial charge on any atom is 0.310 e. The molecule has 0 spiro atoms. The van der Waals surface area contributed by atoms with Gasteiger partial charge in [0.25, 0.3) is 0 Å². The van der Waals surface area contributed by atoms with E-state index in [-0.39, 0.29) is 25.0 Å². The molecule has 2 N–H and O–H groups in total. The molecular weight excluding hydrogens is 530 g/mol. The predicted octanol–water partition coefficient (Wildman–Crippen LogP) is 5.02. The molecule has 9 heteroatoms. The Morgan fingerprint density at radius 3 is 2.71 bits per heavy atom. The molecule has 216 valence electrons. The highest BCUT2D eigenvalue weighted by Crippen LogP contribution is 2.35. The number of aromatic nitrogens is 3. The van der Waals surface area contributed by atoms with Crippen LogP contribution in [0.4, 0.5) is 5.82 Å². The van der Waals surface area contributed by atoms with E-state index in [0.717, 1.165) is 63.7 Å². The minimum Gasteiger partial charge on any atom is -0.487 e. The molecule has 1 aliphatic heterocycles. The van der Waals surface area contributed by atoms with Crippen molar-refractivity contribution in [3.63, 3.8) is 0 Å². The van der Waals surface area contributed by atoms with Crippen LogP contribution in [-0.4, -0.2) is 65.6 Å². The third-order valence-corrected chi connectivity index (χ3v) is 7.80. The molecule has 0 atom stereocenters. The Hall–Kier alpha value is -4.47. The largest absolute Gasteiger partial charge is 0.487 e. The van der Waals surface area contributed by atoms with Crippen LogP contribution >= 0.6 is 0 Å². The van der Waals surface area contributed by atoms with Crippen molar-refractivity contribution in [2.75, 3.05) is 45.7 Å². The van der Waals surface area contributed by atoms with Crippen molar-refractivity contribution in [1.82, 2.24) is 19.7 Å². The lowest BCUT2D eigenvalue weighted by atomic mass is 9.97. The highest BCUT2D eigenvalue weighted by molar-refractivity contribution is 6.02. The predicted molar refractivity (Wildman–Crippen MR) is 163 cm³/mol. The van der Waals surface area contributed by atoms with Gasteiger partial charge in [0.15, 0.2) is 0 Å². The summed E-state index contributed by atoms with van der Waals surface area (Å²) < 4.78 is 18.9. The number of carbonyl (C=O) groups excluding carboxylic acids is 1. The third-order valence-electron chi connectivity index (χ3n) is 7.80. The van der Waals surface area contributed by atoms with Crippen molar-refractivity contribution in [2.45, 2.75) is 26.0 Å². The summed E-state index contributed by atoms with van der Waals surface area (Å²) in [4.78, 5) is 18.8. The molecule has 42 heavy (non-hydrogen) atoms. The first kappa shape index (κ1) is 27.7. The van der Waals surface area contributed by atoms with Crippen LogP contribution in [0.2, 0.25) is 0 Å². The van der Waals surface area contributed by atoms with Gasteiger partial charge in [-0.25, -0.2) is 4.98 Å². The molecular formula is C33H35N5O4. The smallest absolute Gasteiger partial charge is 0.310 e. The van der Waals surface area contributed by atoms with E-state index in [1.165, 1.54) is 0 Å².